The molecule has 0 aromatic rings. The Morgan fingerprint density at radius 3 is 2.36 bits per heavy atom. The summed E-state index contributed by atoms with van der Waals surface area (Å²) in [6.45, 7) is 1.65. The van der Waals surface area contributed by atoms with Gasteiger partial charge >= 0.3 is 0 Å². The lowest BCUT2D eigenvalue weighted by Gasteiger charge is -2.38. The van der Waals surface area contributed by atoms with E-state index < -0.39 is 0 Å². The monoisotopic (exact) mass is 154 g/mol. The average Bonchev–Trinajstić information content (AvgIpc) is 2.43. The molecule has 0 N–H and O–H groups in total. The Bertz CT molecular complexity index is 172. The maximum Gasteiger partial charge on any atom is 0.171 e. The van der Waals surface area contributed by atoms with Gasteiger partial charge in [-0.25, -0.2) is 0 Å². The summed E-state index contributed by atoms with van der Waals surface area (Å²) >= 11 is 0. The van der Waals surface area contributed by atoms with Gasteiger partial charge in [0.15, 0.2) is 5.79 Å². The van der Waals surface area contributed by atoms with E-state index in [4.69, 9.17) is 9.47 Å². The highest BCUT2D eigenvalue weighted by Gasteiger charge is 2.56. The van der Waals surface area contributed by atoms with E-state index in [2.05, 4.69) is 0 Å². The first-order chi connectivity index (χ1) is 5.41. The van der Waals surface area contributed by atoms with Crippen molar-refractivity contribution in [3.63, 3.8) is 0 Å². The van der Waals surface area contributed by atoms with E-state index in [9.17, 15) is 0 Å². The van der Waals surface area contributed by atoms with Crippen LogP contribution in [0.4, 0.5) is 0 Å². The highest BCUT2D eigenvalue weighted by Crippen LogP contribution is 2.55. The molecule has 3 aliphatic rings. The van der Waals surface area contributed by atoms with Crippen LogP contribution in [-0.2, 0) is 9.47 Å². The van der Waals surface area contributed by atoms with Gasteiger partial charge in [0.25, 0.3) is 0 Å². The highest BCUT2D eigenvalue weighted by molar-refractivity contribution is 4.99. The molecule has 2 saturated carbocycles. The van der Waals surface area contributed by atoms with Crippen molar-refractivity contribution in [3.8, 4) is 0 Å². The fraction of sp³-hybridized carbons (Fsp3) is 1.00. The Balaban J connectivity index is 1.86. The molecule has 11 heavy (non-hydrogen) atoms. The summed E-state index contributed by atoms with van der Waals surface area (Å²) in [7, 11) is 0. The number of hydrogen-bond donors (Lipinski definition) is 0. The first-order valence-corrected chi connectivity index (χ1v) is 4.69. The molecule has 1 heterocycles. The highest BCUT2D eigenvalue weighted by atomic mass is 16.7. The van der Waals surface area contributed by atoms with Gasteiger partial charge in [0.05, 0.1) is 13.2 Å². The largest absolute Gasteiger partial charge is 0.347 e. The van der Waals surface area contributed by atoms with Crippen LogP contribution in [0.25, 0.3) is 0 Å². The molecule has 0 radical (unpaired) electrons. The van der Waals surface area contributed by atoms with Crippen molar-refractivity contribution in [2.24, 2.45) is 11.8 Å². The lowest BCUT2D eigenvalue weighted by atomic mass is 9.74. The summed E-state index contributed by atoms with van der Waals surface area (Å²) in [5.74, 6) is 1.60. The Morgan fingerprint density at radius 1 is 1.00 bits per heavy atom. The standard InChI is InChI=1S/C9H14O2/c1-2-8-7(1)3-4-9(8)10-5-6-11-9/h7-8H,1-6H2/t7-,8-/m0/s1. The zero-order valence-electron chi connectivity index (χ0n) is 6.71. The molecule has 0 aromatic carbocycles. The maximum absolute atomic E-state index is 5.71. The van der Waals surface area contributed by atoms with Gasteiger partial charge in [-0.15, -0.1) is 0 Å². The Morgan fingerprint density at radius 2 is 1.82 bits per heavy atom. The third kappa shape index (κ3) is 0.695. The number of hydrogen-bond acceptors (Lipinski definition) is 2. The van der Waals surface area contributed by atoms with Crippen LogP contribution in [0.5, 0.6) is 0 Å². The maximum atomic E-state index is 5.71. The summed E-state index contributed by atoms with van der Waals surface area (Å²) < 4.78 is 11.4. The second kappa shape index (κ2) is 1.99. The molecule has 2 heteroatoms. The molecule has 62 valence electrons. The lowest BCUT2D eigenvalue weighted by molar-refractivity contribution is -0.200. The summed E-state index contributed by atoms with van der Waals surface area (Å²) in [6, 6.07) is 0. The van der Waals surface area contributed by atoms with E-state index in [1.807, 2.05) is 0 Å². The van der Waals surface area contributed by atoms with Crippen molar-refractivity contribution in [2.45, 2.75) is 31.5 Å². The Kier molecular flexibility index (Phi) is 1.16. The molecular weight excluding hydrogens is 140 g/mol. The van der Waals surface area contributed by atoms with Gasteiger partial charge in [-0.3, -0.25) is 0 Å². The van der Waals surface area contributed by atoms with Crippen LogP contribution in [0.15, 0.2) is 0 Å². The average molecular weight is 154 g/mol. The van der Waals surface area contributed by atoms with Crippen molar-refractivity contribution in [2.75, 3.05) is 13.2 Å². The number of fused-ring (bicyclic) bond motifs is 2. The van der Waals surface area contributed by atoms with Crippen LogP contribution in [0.3, 0.4) is 0 Å². The molecule has 3 rings (SSSR count). The first kappa shape index (κ1) is 6.44. The van der Waals surface area contributed by atoms with Gasteiger partial charge in [0.2, 0.25) is 0 Å². The van der Waals surface area contributed by atoms with Gasteiger partial charge in [-0.2, -0.15) is 0 Å². The van der Waals surface area contributed by atoms with E-state index in [1.54, 1.807) is 0 Å². The van der Waals surface area contributed by atoms with Crippen LogP contribution in [0, 0.1) is 11.8 Å². The zero-order valence-corrected chi connectivity index (χ0v) is 6.71. The molecule has 1 saturated heterocycles. The second-order valence-electron chi connectivity index (χ2n) is 3.99. The minimum absolute atomic E-state index is 0.0943. The molecule has 2 aliphatic carbocycles. The van der Waals surface area contributed by atoms with Crippen LogP contribution in [-0.4, -0.2) is 19.0 Å². The number of rotatable bonds is 0. The van der Waals surface area contributed by atoms with Gasteiger partial charge in [0, 0.05) is 12.3 Å². The van der Waals surface area contributed by atoms with Crippen molar-refractivity contribution >= 4 is 0 Å². The van der Waals surface area contributed by atoms with E-state index in [0.717, 1.165) is 31.5 Å². The summed E-state index contributed by atoms with van der Waals surface area (Å²) in [5.41, 5.74) is 0. The Hall–Kier alpha value is -0.0800. The molecular formula is C9H14O2. The number of ether oxygens (including phenoxy) is 2. The van der Waals surface area contributed by atoms with Gasteiger partial charge < -0.3 is 9.47 Å². The van der Waals surface area contributed by atoms with E-state index in [0.29, 0.717) is 0 Å². The van der Waals surface area contributed by atoms with E-state index in [1.165, 1.54) is 19.3 Å². The minimum Gasteiger partial charge on any atom is -0.347 e. The fourth-order valence-electron chi connectivity index (χ4n) is 2.89. The molecule has 0 aromatic heterocycles. The van der Waals surface area contributed by atoms with Crippen molar-refractivity contribution in [3.05, 3.63) is 0 Å². The predicted molar refractivity (Wildman–Crippen MR) is 40.1 cm³/mol. The second-order valence-corrected chi connectivity index (χ2v) is 3.99. The molecule has 2 atom stereocenters. The van der Waals surface area contributed by atoms with Crippen LogP contribution >= 0.6 is 0 Å². The molecule has 1 aliphatic heterocycles. The van der Waals surface area contributed by atoms with Crippen LogP contribution in [0.1, 0.15) is 25.7 Å². The third-order valence-electron chi connectivity index (χ3n) is 3.62. The third-order valence-corrected chi connectivity index (χ3v) is 3.62. The van der Waals surface area contributed by atoms with Gasteiger partial charge in [-0.1, -0.05) is 0 Å². The topological polar surface area (TPSA) is 18.5 Å². The Labute approximate surface area is 66.9 Å². The summed E-state index contributed by atoms with van der Waals surface area (Å²) in [4.78, 5) is 0. The SMILES string of the molecule is C1COC2(CC[C@@H]3CC[C@@H]32)O1. The minimum atomic E-state index is -0.0943. The summed E-state index contributed by atoms with van der Waals surface area (Å²) in [6.07, 6.45) is 5.25. The molecule has 2 nitrogen and oxygen atoms in total. The van der Waals surface area contributed by atoms with Crippen molar-refractivity contribution in [1.29, 1.82) is 0 Å². The smallest absolute Gasteiger partial charge is 0.171 e. The van der Waals surface area contributed by atoms with Gasteiger partial charge in [-0.05, 0) is 25.2 Å². The molecule has 1 spiro atoms. The molecule has 0 bridgehead atoms. The van der Waals surface area contributed by atoms with E-state index in [-0.39, 0.29) is 5.79 Å². The summed E-state index contributed by atoms with van der Waals surface area (Å²) in [5, 5.41) is 0. The van der Waals surface area contributed by atoms with Crippen molar-refractivity contribution < 1.29 is 9.47 Å². The van der Waals surface area contributed by atoms with Crippen LogP contribution in [0.2, 0.25) is 0 Å². The van der Waals surface area contributed by atoms with Crippen LogP contribution < -0.4 is 0 Å². The molecule has 0 unspecified atom stereocenters. The van der Waals surface area contributed by atoms with Gasteiger partial charge in [0.1, 0.15) is 0 Å². The molecule has 3 fully saturated rings. The first-order valence-electron chi connectivity index (χ1n) is 4.69. The lowest BCUT2D eigenvalue weighted by Crippen LogP contribution is -2.41. The molecule has 0 amide bonds. The van der Waals surface area contributed by atoms with E-state index >= 15 is 0 Å². The predicted octanol–water partition coefficient (Wildman–Crippen LogP) is 1.55. The van der Waals surface area contributed by atoms with Crippen molar-refractivity contribution in [1.82, 2.24) is 0 Å². The normalized spacial score (nSPS) is 45.8. The quantitative estimate of drug-likeness (QED) is 0.527. The fourth-order valence-corrected chi connectivity index (χ4v) is 2.89. The zero-order chi connectivity index (χ0) is 7.31.